The van der Waals surface area contributed by atoms with E-state index in [0.717, 1.165) is 5.69 Å². The maximum atomic E-state index is 10.6. The molecule has 0 saturated heterocycles. The van der Waals surface area contributed by atoms with Gasteiger partial charge in [-0.15, -0.1) is 0 Å². The van der Waals surface area contributed by atoms with Crippen LogP contribution in [-0.4, -0.2) is 9.97 Å². The van der Waals surface area contributed by atoms with Gasteiger partial charge < -0.3 is 4.42 Å². The number of nitrogens with zero attached hydrogens (tertiary/aromatic N) is 1. The van der Waals surface area contributed by atoms with Gasteiger partial charge in [-0.3, -0.25) is 4.98 Å². The Morgan fingerprint density at radius 3 is 3.18 bits per heavy atom. The molecule has 2 heterocycles. The molecule has 0 aliphatic carbocycles. The second-order valence-electron chi connectivity index (χ2n) is 2.31. The topological polar surface area (TPSA) is 58.9 Å². The first kappa shape index (κ1) is 6.15. The molecule has 2 aromatic heterocycles. The number of hydrogen-bond donors (Lipinski definition) is 1. The molecular formula is C7H6N2O2. The van der Waals surface area contributed by atoms with E-state index in [4.69, 9.17) is 4.42 Å². The first-order chi connectivity index (χ1) is 5.25. The molecular weight excluding hydrogens is 144 g/mol. The minimum atomic E-state index is -0.460. The fraction of sp³-hybridized carbons (Fsp3) is 0.143. The van der Waals surface area contributed by atoms with Gasteiger partial charge in [0.25, 0.3) is 0 Å². The van der Waals surface area contributed by atoms with E-state index < -0.39 is 5.76 Å². The molecule has 0 aliphatic rings. The number of aromatic amines is 1. The fourth-order valence-electron chi connectivity index (χ4n) is 0.938. The Bertz CT molecular complexity index is 441. The Kier molecular flexibility index (Phi) is 1.09. The second-order valence-corrected chi connectivity index (χ2v) is 2.31. The number of aryl methyl sites for hydroxylation is 1. The van der Waals surface area contributed by atoms with Crippen LogP contribution in [0.3, 0.4) is 0 Å². The van der Waals surface area contributed by atoms with Gasteiger partial charge >= 0.3 is 5.76 Å². The first-order valence-corrected chi connectivity index (χ1v) is 3.22. The van der Waals surface area contributed by atoms with Gasteiger partial charge in [-0.25, -0.2) is 9.78 Å². The van der Waals surface area contributed by atoms with Gasteiger partial charge in [-0.2, -0.15) is 0 Å². The van der Waals surface area contributed by atoms with Crippen molar-refractivity contribution in [2.24, 2.45) is 0 Å². The highest BCUT2D eigenvalue weighted by molar-refractivity contribution is 5.66. The molecule has 0 fully saturated rings. The number of pyridine rings is 1. The normalized spacial score (nSPS) is 10.6. The summed E-state index contributed by atoms with van der Waals surface area (Å²) in [5.74, 6) is -0.460. The zero-order chi connectivity index (χ0) is 7.84. The lowest BCUT2D eigenvalue weighted by Crippen LogP contribution is -1.93. The Morgan fingerprint density at radius 1 is 1.55 bits per heavy atom. The maximum Gasteiger partial charge on any atom is 0.418 e. The van der Waals surface area contributed by atoms with Crippen LogP contribution in [0.1, 0.15) is 5.69 Å². The zero-order valence-electron chi connectivity index (χ0n) is 5.92. The number of nitrogens with one attached hydrogen (secondary N) is 1. The van der Waals surface area contributed by atoms with Crippen molar-refractivity contribution in [2.75, 3.05) is 0 Å². The van der Waals surface area contributed by atoms with Crippen molar-refractivity contribution in [3.8, 4) is 0 Å². The van der Waals surface area contributed by atoms with Gasteiger partial charge in [0.2, 0.25) is 0 Å². The number of oxazole rings is 1. The van der Waals surface area contributed by atoms with Crippen LogP contribution >= 0.6 is 0 Å². The van der Waals surface area contributed by atoms with Crippen molar-refractivity contribution in [1.29, 1.82) is 0 Å². The predicted octanol–water partition coefficient (Wildman–Crippen LogP) is 0.825. The smallest absolute Gasteiger partial charge is 0.406 e. The van der Waals surface area contributed by atoms with Crippen LogP contribution in [0.2, 0.25) is 0 Å². The average molecular weight is 150 g/mol. The summed E-state index contributed by atoms with van der Waals surface area (Å²) in [6.07, 6.45) is 0. The third-order valence-corrected chi connectivity index (χ3v) is 1.42. The summed E-state index contributed by atoms with van der Waals surface area (Å²) in [6, 6.07) is 3.51. The summed E-state index contributed by atoms with van der Waals surface area (Å²) >= 11 is 0. The Balaban J connectivity index is 2.92. The minimum Gasteiger partial charge on any atom is -0.406 e. The van der Waals surface area contributed by atoms with Crippen molar-refractivity contribution >= 4 is 11.2 Å². The molecule has 2 rings (SSSR count). The quantitative estimate of drug-likeness (QED) is 0.604. The molecule has 11 heavy (non-hydrogen) atoms. The molecule has 0 aromatic carbocycles. The van der Waals surface area contributed by atoms with Crippen molar-refractivity contribution in [2.45, 2.75) is 6.92 Å². The highest BCUT2D eigenvalue weighted by Crippen LogP contribution is 2.06. The lowest BCUT2D eigenvalue weighted by Gasteiger charge is -1.87. The van der Waals surface area contributed by atoms with Crippen LogP contribution in [0.5, 0.6) is 0 Å². The van der Waals surface area contributed by atoms with E-state index in [9.17, 15) is 4.79 Å². The summed E-state index contributed by atoms with van der Waals surface area (Å²) in [5.41, 5.74) is 1.87. The highest BCUT2D eigenvalue weighted by Gasteiger charge is 1.99. The van der Waals surface area contributed by atoms with E-state index in [1.54, 1.807) is 12.1 Å². The molecule has 4 heteroatoms. The summed E-state index contributed by atoms with van der Waals surface area (Å²) in [7, 11) is 0. The highest BCUT2D eigenvalue weighted by atomic mass is 16.4. The molecule has 0 spiro atoms. The Hall–Kier alpha value is -1.58. The molecule has 0 radical (unpaired) electrons. The van der Waals surface area contributed by atoms with Crippen molar-refractivity contribution in [3.63, 3.8) is 0 Å². The van der Waals surface area contributed by atoms with Crippen LogP contribution in [-0.2, 0) is 0 Å². The lowest BCUT2D eigenvalue weighted by atomic mass is 10.4. The third kappa shape index (κ3) is 0.920. The van der Waals surface area contributed by atoms with Gasteiger partial charge in [0.15, 0.2) is 11.2 Å². The zero-order valence-corrected chi connectivity index (χ0v) is 5.92. The standard InChI is InChI=1S/C7H6N2O2/c1-4-2-3-5-6(8-4)9-7(10)11-5/h2-3H,1H3,(H,8,9,10). The monoisotopic (exact) mass is 150 g/mol. The number of H-pyrrole nitrogens is 1. The van der Waals surface area contributed by atoms with Gasteiger partial charge in [-0.05, 0) is 19.1 Å². The Labute approximate surface area is 61.9 Å². The Morgan fingerprint density at radius 2 is 2.36 bits per heavy atom. The number of rotatable bonds is 0. The van der Waals surface area contributed by atoms with Crippen LogP contribution in [0.4, 0.5) is 0 Å². The van der Waals surface area contributed by atoms with Crippen LogP contribution in [0.15, 0.2) is 21.3 Å². The van der Waals surface area contributed by atoms with E-state index >= 15 is 0 Å². The molecule has 56 valence electrons. The molecule has 0 saturated carbocycles. The second kappa shape index (κ2) is 1.95. The van der Waals surface area contributed by atoms with E-state index in [2.05, 4.69) is 9.97 Å². The SMILES string of the molecule is Cc1ccc2oc(=O)[nH]c2n1. The van der Waals surface area contributed by atoms with Crippen molar-refractivity contribution in [3.05, 3.63) is 28.4 Å². The van der Waals surface area contributed by atoms with E-state index in [0.29, 0.717) is 11.2 Å². The molecule has 1 N–H and O–H groups in total. The average Bonchev–Trinajstić information content (AvgIpc) is 2.27. The lowest BCUT2D eigenvalue weighted by molar-refractivity contribution is 0.555. The van der Waals surface area contributed by atoms with Crippen LogP contribution < -0.4 is 5.76 Å². The molecule has 2 aromatic rings. The van der Waals surface area contributed by atoms with Crippen molar-refractivity contribution < 1.29 is 4.42 Å². The predicted molar refractivity (Wildman–Crippen MR) is 39.4 cm³/mol. The number of aromatic nitrogens is 2. The summed E-state index contributed by atoms with van der Waals surface area (Å²) in [5, 5.41) is 0. The fourth-order valence-corrected chi connectivity index (χ4v) is 0.938. The largest absolute Gasteiger partial charge is 0.418 e. The summed E-state index contributed by atoms with van der Waals surface area (Å²) < 4.78 is 4.75. The van der Waals surface area contributed by atoms with Crippen LogP contribution in [0, 0.1) is 6.92 Å². The van der Waals surface area contributed by atoms with Crippen LogP contribution in [0.25, 0.3) is 11.2 Å². The summed E-state index contributed by atoms with van der Waals surface area (Å²) in [4.78, 5) is 17.2. The van der Waals surface area contributed by atoms with Gasteiger partial charge in [0, 0.05) is 5.69 Å². The van der Waals surface area contributed by atoms with Gasteiger partial charge in [0.05, 0.1) is 0 Å². The third-order valence-electron chi connectivity index (χ3n) is 1.42. The molecule has 0 amide bonds. The van der Waals surface area contributed by atoms with E-state index in [-0.39, 0.29) is 0 Å². The maximum absolute atomic E-state index is 10.6. The summed E-state index contributed by atoms with van der Waals surface area (Å²) in [6.45, 7) is 1.85. The van der Waals surface area contributed by atoms with Gasteiger partial charge in [-0.1, -0.05) is 0 Å². The molecule has 0 unspecified atom stereocenters. The number of fused-ring (bicyclic) bond motifs is 1. The van der Waals surface area contributed by atoms with E-state index in [1.807, 2.05) is 6.92 Å². The minimum absolute atomic E-state index is 0.460. The number of hydrogen-bond acceptors (Lipinski definition) is 3. The molecule has 0 aliphatic heterocycles. The van der Waals surface area contributed by atoms with Crippen molar-refractivity contribution in [1.82, 2.24) is 9.97 Å². The van der Waals surface area contributed by atoms with E-state index in [1.165, 1.54) is 0 Å². The van der Waals surface area contributed by atoms with Gasteiger partial charge in [0.1, 0.15) is 0 Å². The first-order valence-electron chi connectivity index (χ1n) is 3.22. The molecule has 4 nitrogen and oxygen atoms in total. The molecule has 0 bridgehead atoms. The molecule has 0 atom stereocenters.